The van der Waals surface area contributed by atoms with E-state index in [1.54, 1.807) is 6.92 Å². The van der Waals surface area contributed by atoms with Crippen LogP contribution < -0.4 is 5.32 Å². The van der Waals surface area contributed by atoms with Crippen LogP contribution in [0.25, 0.3) is 0 Å². The number of anilines is 1. The number of carbonyl (C=O) groups is 1. The van der Waals surface area contributed by atoms with Gasteiger partial charge in [-0.25, -0.2) is 8.42 Å². The van der Waals surface area contributed by atoms with E-state index in [4.69, 9.17) is 9.26 Å². The van der Waals surface area contributed by atoms with Crippen molar-refractivity contribution in [2.75, 3.05) is 31.6 Å². The number of hydrogen-bond acceptors (Lipinski definition) is 6. The van der Waals surface area contributed by atoms with Gasteiger partial charge in [0.2, 0.25) is 15.8 Å². The average Bonchev–Trinajstić information content (AvgIpc) is 3.03. The van der Waals surface area contributed by atoms with Crippen molar-refractivity contribution in [2.24, 2.45) is 0 Å². The highest BCUT2D eigenvalue weighted by Crippen LogP contribution is 2.20. The molecule has 2 aromatic rings. The van der Waals surface area contributed by atoms with E-state index >= 15 is 0 Å². The lowest BCUT2D eigenvalue weighted by Gasteiger charge is -2.26. The number of morpholine rings is 1. The third kappa shape index (κ3) is 3.48. The Morgan fingerprint density at radius 2 is 1.88 bits per heavy atom. The van der Waals surface area contributed by atoms with Crippen LogP contribution in [0, 0.1) is 6.92 Å². The Kier molecular flexibility index (Phi) is 4.65. The third-order valence-electron chi connectivity index (χ3n) is 3.57. The number of hydrogen-bond donors (Lipinski definition) is 1. The van der Waals surface area contributed by atoms with Gasteiger partial charge in [0.15, 0.2) is 0 Å². The molecule has 24 heavy (non-hydrogen) atoms. The van der Waals surface area contributed by atoms with E-state index < -0.39 is 15.9 Å². The van der Waals surface area contributed by atoms with Crippen molar-refractivity contribution in [1.82, 2.24) is 9.46 Å². The predicted octanol–water partition coefficient (Wildman–Crippen LogP) is 1.26. The second kappa shape index (κ2) is 6.71. The van der Waals surface area contributed by atoms with Gasteiger partial charge in [-0.15, -0.1) is 0 Å². The SMILES string of the molecule is Cc1cc(C(=O)Nc2ccc(S(=O)(=O)N3CCOCC3)cc2)on1. The smallest absolute Gasteiger partial charge is 0.294 e. The second-order valence-electron chi connectivity index (χ2n) is 5.33. The second-order valence-corrected chi connectivity index (χ2v) is 7.27. The summed E-state index contributed by atoms with van der Waals surface area (Å²) in [5.74, 6) is -0.350. The molecule has 1 aliphatic rings. The van der Waals surface area contributed by atoms with E-state index in [2.05, 4.69) is 10.5 Å². The number of amides is 1. The van der Waals surface area contributed by atoms with Gasteiger partial charge >= 0.3 is 0 Å². The number of nitrogens with zero attached hydrogens (tertiary/aromatic N) is 2. The zero-order valence-electron chi connectivity index (χ0n) is 13.1. The van der Waals surface area contributed by atoms with Crippen LogP contribution in [0.4, 0.5) is 5.69 Å². The molecular weight excluding hydrogens is 334 g/mol. The fraction of sp³-hybridized carbons (Fsp3) is 0.333. The fourth-order valence-corrected chi connectivity index (χ4v) is 3.72. The van der Waals surface area contributed by atoms with Gasteiger partial charge in [0.25, 0.3) is 5.91 Å². The predicted molar refractivity (Wildman–Crippen MR) is 85.2 cm³/mol. The van der Waals surface area contributed by atoms with E-state index in [0.29, 0.717) is 37.7 Å². The molecule has 9 heteroatoms. The Morgan fingerprint density at radius 1 is 1.21 bits per heavy atom. The maximum Gasteiger partial charge on any atom is 0.294 e. The lowest BCUT2D eigenvalue weighted by atomic mass is 10.3. The summed E-state index contributed by atoms with van der Waals surface area (Å²) in [4.78, 5) is 12.1. The molecule has 0 bridgehead atoms. The average molecular weight is 351 g/mol. The van der Waals surface area contributed by atoms with Crippen molar-refractivity contribution in [1.29, 1.82) is 0 Å². The van der Waals surface area contributed by atoms with Gasteiger partial charge in [0.1, 0.15) is 0 Å². The molecule has 0 unspecified atom stereocenters. The van der Waals surface area contributed by atoms with Crippen molar-refractivity contribution in [3.63, 3.8) is 0 Å². The Morgan fingerprint density at radius 3 is 2.46 bits per heavy atom. The lowest BCUT2D eigenvalue weighted by molar-refractivity contribution is 0.0730. The minimum absolute atomic E-state index is 0.0949. The van der Waals surface area contributed by atoms with Crippen LogP contribution >= 0.6 is 0 Å². The molecule has 1 fully saturated rings. The number of nitrogens with one attached hydrogen (secondary N) is 1. The molecule has 0 atom stereocenters. The summed E-state index contributed by atoms with van der Waals surface area (Å²) in [7, 11) is -3.54. The minimum atomic E-state index is -3.54. The van der Waals surface area contributed by atoms with Crippen molar-refractivity contribution < 1.29 is 22.5 Å². The molecule has 1 aliphatic heterocycles. The summed E-state index contributed by atoms with van der Waals surface area (Å²) in [6, 6.07) is 7.52. The maximum atomic E-state index is 12.5. The van der Waals surface area contributed by atoms with Crippen LogP contribution in [-0.4, -0.2) is 50.1 Å². The molecule has 3 rings (SSSR count). The van der Waals surface area contributed by atoms with Crippen LogP contribution in [0.15, 0.2) is 39.8 Å². The molecule has 2 heterocycles. The molecule has 1 saturated heterocycles. The van der Waals surface area contributed by atoms with Crippen molar-refractivity contribution in [2.45, 2.75) is 11.8 Å². The van der Waals surface area contributed by atoms with Gasteiger partial charge in [0, 0.05) is 24.8 Å². The molecular formula is C15H17N3O5S. The molecule has 0 aliphatic carbocycles. The third-order valence-corrected chi connectivity index (χ3v) is 5.48. The summed E-state index contributed by atoms with van der Waals surface area (Å²) in [5, 5.41) is 6.28. The Labute approximate surface area is 139 Å². The number of carbonyl (C=O) groups excluding carboxylic acids is 1. The summed E-state index contributed by atoms with van der Waals surface area (Å²) >= 11 is 0. The maximum absolute atomic E-state index is 12.5. The highest BCUT2D eigenvalue weighted by atomic mass is 32.2. The minimum Gasteiger partial charge on any atom is -0.379 e. The quantitative estimate of drug-likeness (QED) is 0.890. The molecule has 0 radical (unpaired) electrons. The van der Waals surface area contributed by atoms with Crippen LogP contribution in [0.1, 0.15) is 16.2 Å². The van der Waals surface area contributed by atoms with Crippen molar-refractivity contribution in [3.05, 3.63) is 41.8 Å². The van der Waals surface area contributed by atoms with E-state index in [9.17, 15) is 13.2 Å². The molecule has 1 N–H and O–H groups in total. The van der Waals surface area contributed by atoms with Crippen LogP contribution in [0.3, 0.4) is 0 Å². The molecule has 0 spiro atoms. The molecule has 1 aromatic carbocycles. The fourth-order valence-electron chi connectivity index (χ4n) is 2.31. The van der Waals surface area contributed by atoms with Crippen LogP contribution in [0.5, 0.6) is 0 Å². The Bertz CT molecular complexity index is 823. The number of aryl methyl sites for hydroxylation is 1. The van der Waals surface area contributed by atoms with Gasteiger partial charge in [-0.05, 0) is 31.2 Å². The van der Waals surface area contributed by atoms with Gasteiger partial charge in [0.05, 0.1) is 23.8 Å². The first-order valence-corrected chi connectivity index (χ1v) is 8.83. The van der Waals surface area contributed by atoms with E-state index in [-0.39, 0.29) is 10.7 Å². The Balaban J connectivity index is 1.72. The molecule has 128 valence electrons. The number of aromatic nitrogens is 1. The topological polar surface area (TPSA) is 102 Å². The first-order valence-electron chi connectivity index (χ1n) is 7.39. The summed E-state index contributed by atoms with van der Waals surface area (Å²) in [6.07, 6.45) is 0. The van der Waals surface area contributed by atoms with Crippen molar-refractivity contribution >= 4 is 21.6 Å². The zero-order chi connectivity index (χ0) is 17.2. The van der Waals surface area contributed by atoms with Crippen molar-refractivity contribution in [3.8, 4) is 0 Å². The number of benzene rings is 1. The summed E-state index contributed by atoms with van der Waals surface area (Å²) in [5.41, 5.74) is 1.07. The Hall–Kier alpha value is -2.23. The highest BCUT2D eigenvalue weighted by molar-refractivity contribution is 7.89. The molecule has 0 saturated carbocycles. The first-order chi connectivity index (χ1) is 11.5. The molecule has 1 amide bonds. The van der Waals surface area contributed by atoms with Gasteiger partial charge in [-0.2, -0.15) is 4.31 Å². The van der Waals surface area contributed by atoms with Crippen LogP contribution in [-0.2, 0) is 14.8 Å². The summed E-state index contributed by atoms with van der Waals surface area (Å²) < 4.78 is 36.4. The standard InChI is InChI=1S/C15H17N3O5S/c1-11-10-14(23-17-11)15(19)16-12-2-4-13(5-3-12)24(20,21)18-6-8-22-9-7-18/h2-5,10H,6-9H2,1H3,(H,16,19). The van der Waals surface area contributed by atoms with Gasteiger partial charge in [-0.1, -0.05) is 5.16 Å². The van der Waals surface area contributed by atoms with Gasteiger partial charge in [-0.3, -0.25) is 4.79 Å². The van der Waals surface area contributed by atoms with Crippen LogP contribution in [0.2, 0.25) is 0 Å². The van der Waals surface area contributed by atoms with E-state index in [0.717, 1.165) is 0 Å². The normalized spacial score (nSPS) is 16.0. The monoisotopic (exact) mass is 351 g/mol. The zero-order valence-corrected chi connectivity index (χ0v) is 13.9. The first kappa shape index (κ1) is 16.6. The lowest BCUT2D eigenvalue weighted by Crippen LogP contribution is -2.40. The largest absolute Gasteiger partial charge is 0.379 e. The molecule has 8 nitrogen and oxygen atoms in total. The number of rotatable bonds is 4. The summed E-state index contributed by atoms with van der Waals surface area (Å²) in [6.45, 7) is 3.18. The van der Waals surface area contributed by atoms with E-state index in [1.807, 2.05) is 0 Å². The number of sulfonamides is 1. The van der Waals surface area contributed by atoms with Gasteiger partial charge < -0.3 is 14.6 Å². The molecule has 1 aromatic heterocycles. The number of ether oxygens (including phenoxy) is 1. The van der Waals surface area contributed by atoms with E-state index in [1.165, 1.54) is 34.6 Å². The highest BCUT2D eigenvalue weighted by Gasteiger charge is 2.26.